The van der Waals surface area contributed by atoms with E-state index in [-0.39, 0.29) is 11.6 Å². The van der Waals surface area contributed by atoms with Gasteiger partial charge in [-0.15, -0.1) is 0 Å². The molecule has 0 fully saturated rings. The topological polar surface area (TPSA) is 26.3 Å². The summed E-state index contributed by atoms with van der Waals surface area (Å²) in [5.74, 6) is -0.0839. The minimum atomic E-state index is -0.329. The third kappa shape index (κ3) is 7.37. The van der Waals surface area contributed by atoms with Gasteiger partial charge in [-0.1, -0.05) is 13.3 Å². The molecule has 0 aliphatic heterocycles. The Morgan fingerprint density at radius 2 is 1.91 bits per heavy atom. The first-order valence-corrected chi connectivity index (χ1v) is 4.17. The van der Waals surface area contributed by atoms with Crippen LogP contribution in [0.2, 0.25) is 0 Å². The highest BCUT2D eigenvalue weighted by atomic mass is 16.6. The summed E-state index contributed by atoms with van der Waals surface area (Å²) >= 11 is 0. The van der Waals surface area contributed by atoms with Crippen LogP contribution >= 0.6 is 0 Å². The van der Waals surface area contributed by atoms with Gasteiger partial charge in [-0.05, 0) is 27.2 Å². The average Bonchev–Trinajstić information content (AvgIpc) is 1.79. The number of hydrogen-bond acceptors (Lipinski definition) is 2. The van der Waals surface area contributed by atoms with E-state index in [2.05, 4.69) is 6.92 Å². The largest absolute Gasteiger partial charge is 0.460 e. The first kappa shape index (κ1) is 10.5. The van der Waals surface area contributed by atoms with E-state index in [1.54, 1.807) is 0 Å². The summed E-state index contributed by atoms with van der Waals surface area (Å²) in [6.07, 6.45) is 2.52. The standard InChI is InChI=1S/C9H18O2/c1-5-6-7-8(10)11-9(2,3)4/h5-7H2,1-4H3/i1-1. The third-order valence-corrected chi connectivity index (χ3v) is 1.15. The highest BCUT2D eigenvalue weighted by Crippen LogP contribution is 2.09. The molecule has 0 aromatic rings. The van der Waals surface area contributed by atoms with Crippen LogP contribution < -0.4 is 0 Å². The van der Waals surface area contributed by atoms with Gasteiger partial charge in [0.1, 0.15) is 5.60 Å². The monoisotopic (exact) mass is 157 g/mol. The van der Waals surface area contributed by atoms with E-state index in [0.29, 0.717) is 6.42 Å². The predicted molar refractivity (Wildman–Crippen MR) is 45.4 cm³/mol. The van der Waals surface area contributed by atoms with Crippen LogP contribution in [0.3, 0.4) is 0 Å². The molecule has 11 heavy (non-hydrogen) atoms. The molecule has 66 valence electrons. The van der Waals surface area contributed by atoms with E-state index in [4.69, 9.17) is 4.74 Å². The van der Waals surface area contributed by atoms with Crippen LogP contribution in [0.1, 0.15) is 47.0 Å². The van der Waals surface area contributed by atoms with Crippen molar-refractivity contribution in [2.45, 2.75) is 52.6 Å². The van der Waals surface area contributed by atoms with Gasteiger partial charge in [0.2, 0.25) is 0 Å². The summed E-state index contributed by atoms with van der Waals surface area (Å²) in [4.78, 5) is 11.0. The molecule has 0 unspecified atom stereocenters. The maximum Gasteiger partial charge on any atom is 0.306 e. The molecule has 2 heteroatoms. The molecule has 0 aliphatic carbocycles. The van der Waals surface area contributed by atoms with Crippen molar-refractivity contribution in [1.29, 1.82) is 0 Å². The van der Waals surface area contributed by atoms with E-state index in [1.165, 1.54) is 0 Å². The van der Waals surface area contributed by atoms with Crippen molar-refractivity contribution in [3.05, 3.63) is 0 Å². The molecule has 0 N–H and O–H groups in total. The molecular weight excluding hydrogens is 139 g/mol. The lowest BCUT2D eigenvalue weighted by Crippen LogP contribution is -2.23. The summed E-state index contributed by atoms with van der Waals surface area (Å²) < 4.78 is 5.10. The van der Waals surface area contributed by atoms with E-state index in [1.807, 2.05) is 20.8 Å². The molecular formula is C9H18O2. The Morgan fingerprint density at radius 3 is 2.27 bits per heavy atom. The molecule has 0 amide bonds. The molecule has 0 aliphatic rings. The Hall–Kier alpha value is -0.530. The van der Waals surface area contributed by atoms with Crippen LogP contribution in [0.15, 0.2) is 0 Å². The minimum Gasteiger partial charge on any atom is -0.460 e. The fourth-order valence-electron chi connectivity index (χ4n) is 0.714. The van der Waals surface area contributed by atoms with Crippen LogP contribution in [0.25, 0.3) is 0 Å². The van der Waals surface area contributed by atoms with Gasteiger partial charge in [0, 0.05) is 6.42 Å². The Morgan fingerprint density at radius 1 is 1.36 bits per heavy atom. The van der Waals surface area contributed by atoms with Gasteiger partial charge in [-0.2, -0.15) is 0 Å². The number of rotatable bonds is 3. The predicted octanol–water partition coefficient (Wildman–Crippen LogP) is 2.52. The molecule has 0 saturated carbocycles. The van der Waals surface area contributed by atoms with Crippen molar-refractivity contribution in [3.63, 3.8) is 0 Å². The zero-order valence-electron chi connectivity index (χ0n) is 7.94. The average molecular weight is 157 g/mol. The number of ether oxygens (including phenoxy) is 1. The van der Waals surface area contributed by atoms with Crippen LogP contribution in [0.5, 0.6) is 0 Å². The number of hydrogen-bond donors (Lipinski definition) is 0. The lowest BCUT2D eigenvalue weighted by Gasteiger charge is -2.19. The molecule has 0 radical (unpaired) electrons. The van der Waals surface area contributed by atoms with Crippen LogP contribution in [0, 0.1) is 0 Å². The molecule has 0 bridgehead atoms. The first-order valence-electron chi connectivity index (χ1n) is 4.17. The molecule has 0 rings (SSSR count). The number of carbonyl (C=O) groups is 1. The fourth-order valence-corrected chi connectivity index (χ4v) is 0.714. The maximum atomic E-state index is 11.0. The van der Waals surface area contributed by atoms with Crippen LogP contribution in [-0.4, -0.2) is 11.6 Å². The zero-order chi connectivity index (χ0) is 8.91. The number of esters is 1. The molecule has 0 saturated heterocycles. The Bertz CT molecular complexity index is 122. The number of unbranched alkanes of at least 4 members (excludes halogenated alkanes) is 1. The Kier molecular flexibility index (Phi) is 4.16. The second kappa shape index (κ2) is 4.37. The van der Waals surface area contributed by atoms with Gasteiger partial charge in [0.25, 0.3) is 0 Å². The van der Waals surface area contributed by atoms with Crippen LogP contribution in [-0.2, 0) is 9.53 Å². The summed E-state index contributed by atoms with van der Waals surface area (Å²) in [7, 11) is 0. The molecule has 0 aromatic heterocycles. The third-order valence-electron chi connectivity index (χ3n) is 1.15. The fraction of sp³-hybridized carbons (Fsp3) is 0.889. The quantitative estimate of drug-likeness (QED) is 0.588. The van der Waals surface area contributed by atoms with Gasteiger partial charge >= 0.3 is 5.97 Å². The second-order valence-corrected chi connectivity index (χ2v) is 3.69. The first-order chi connectivity index (χ1) is 4.95. The molecule has 0 spiro atoms. The summed E-state index contributed by atoms with van der Waals surface area (Å²) in [5, 5.41) is 0. The summed E-state index contributed by atoms with van der Waals surface area (Å²) in [6, 6.07) is 0. The highest BCUT2D eigenvalue weighted by Gasteiger charge is 2.14. The normalized spacial score (nSPS) is 11.3. The molecule has 0 aromatic carbocycles. The van der Waals surface area contributed by atoms with Gasteiger partial charge in [0.05, 0.1) is 0 Å². The zero-order valence-corrected chi connectivity index (χ0v) is 7.94. The Labute approximate surface area is 68.9 Å². The van der Waals surface area contributed by atoms with Crippen molar-refractivity contribution in [3.8, 4) is 0 Å². The van der Waals surface area contributed by atoms with Crippen molar-refractivity contribution in [2.75, 3.05) is 0 Å². The molecule has 0 heterocycles. The van der Waals surface area contributed by atoms with E-state index in [0.717, 1.165) is 12.8 Å². The van der Waals surface area contributed by atoms with Gasteiger partial charge in [-0.25, -0.2) is 0 Å². The van der Waals surface area contributed by atoms with Crippen LogP contribution in [0.4, 0.5) is 0 Å². The van der Waals surface area contributed by atoms with Crippen molar-refractivity contribution < 1.29 is 9.53 Å². The second-order valence-electron chi connectivity index (χ2n) is 3.69. The Balaban J connectivity index is 3.53. The minimum absolute atomic E-state index is 0.0839. The van der Waals surface area contributed by atoms with Gasteiger partial charge < -0.3 is 4.74 Å². The lowest BCUT2D eigenvalue weighted by atomic mass is 10.1. The van der Waals surface area contributed by atoms with Gasteiger partial charge in [0.15, 0.2) is 0 Å². The summed E-state index contributed by atoms with van der Waals surface area (Å²) in [5.41, 5.74) is -0.329. The maximum absolute atomic E-state index is 11.0. The summed E-state index contributed by atoms with van der Waals surface area (Å²) in [6.45, 7) is 7.72. The van der Waals surface area contributed by atoms with Crippen molar-refractivity contribution in [2.24, 2.45) is 0 Å². The smallest absolute Gasteiger partial charge is 0.306 e. The number of carbonyl (C=O) groups excluding carboxylic acids is 1. The van der Waals surface area contributed by atoms with Gasteiger partial charge in [-0.3, -0.25) is 4.79 Å². The van der Waals surface area contributed by atoms with E-state index < -0.39 is 0 Å². The van der Waals surface area contributed by atoms with Crippen molar-refractivity contribution in [1.82, 2.24) is 0 Å². The SMILES string of the molecule is CC(C)(C)OC(=O)CCC[11CH3]. The lowest BCUT2D eigenvalue weighted by molar-refractivity contribution is -0.154. The van der Waals surface area contributed by atoms with E-state index >= 15 is 0 Å². The molecule has 0 atom stereocenters. The van der Waals surface area contributed by atoms with E-state index in [9.17, 15) is 4.79 Å². The highest BCUT2D eigenvalue weighted by molar-refractivity contribution is 5.69. The van der Waals surface area contributed by atoms with Crippen molar-refractivity contribution >= 4 is 5.97 Å². The molecule has 2 nitrogen and oxygen atoms in total.